The fraction of sp³-hybridized carbons (Fsp3) is 0.467. The molecule has 1 aromatic carbocycles. The third-order valence-corrected chi connectivity index (χ3v) is 4.85. The summed E-state index contributed by atoms with van der Waals surface area (Å²) in [5, 5.41) is 0.939. The Morgan fingerprint density at radius 2 is 1.95 bits per heavy atom. The van der Waals surface area contributed by atoms with Crippen molar-refractivity contribution in [2.24, 2.45) is 5.92 Å². The number of aromatic nitrogens is 2. The summed E-state index contributed by atoms with van der Waals surface area (Å²) in [7, 11) is 1.10. The summed E-state index contributed by atoms with van der Waals surface area (Å²) < 4.78 is 15.8. The largest absolute Gasteiger partial charge is 0.346 e. The zero-order valence-electron chi connectivity index (χ0n) is 12.9. The van der Waals surface area contributed by atoms with Crippen molar-refractivity contribution in [3.63, 3.8) is 0 Å². The van der Waals surface area contributed by atoms with Gasteiger partial charge in [-0.05, 0) is 23.6 Å². The molecule has 0 amide bonds. The first-order valence-electron chi connectivity index (χ1n) is 6.92. The Balaban J connectivity index is 2.01. The zero-order chi connectivity index (χ0) is 15.4. The van der Waals surface area contributed by atoms with E-state index in [1.165, 1.54) is 17.1 Å². The van der Waals surface area contributed by atoms with Crippen LogP contribution in [0.15, 0.2) is 29.2 Å². The Bertz CT molecular complexity index is 608. The molecule has 0 saturated carbocycles. The molecule has 0 aliphatic heterocycles. The van der Waals surface area contributed by atoms with Gasteiger partial charge in [-0.1, -0.05) is 26.0 Å². The second-order valence-corrected chi connectivity index (χ2v) is 7.66. The van der Waals surface area contributed by atoms with E-state index in [1.54, 1.807) is 6.26 Å². The smallest absolute Gasteiger partial charge is 0.205 e. The molecule has 0 N–H and O–H groups in total. The average Bonchev–Trinajstić information content (AvgIpc) is 2.87. The third kappa shape index (κ3) is 4.61. The Morgan fingerprint density at radius 3 is 2.52 bits per heavy atom. The molecule has 0 saturated heterocycles. The molecule has 4 nitrogen and oxygen atoms in total. The molecule has 2 aromatic rings. The minimum absolute atomic E-state index is 0.570. The van der Waals surface area contributed by atoms with E-state index >= 15 is 0 Å². The van der Waals surface area contributed by atoms with E-state index in [-0.39, 0.29) is 0 Å². The van der Waals surface area contributed by atoms with Crippen LogP contribution in [0.2, 0.25) is 0 Å². The van der Waals surface area contributed by atoms with Crippen molar-refractivity contribution in [1.82, 2.24) is 9.36 Å². The van der Waals surface area contributed by atoms with E-state index in [0.29, 0.717) is 5.92 Å². The van der Waals surface area contributed by atoms with E-state index in [0.717, 1.165) is 28.8 Å². The standard InChI is InChI=1S/C15H21N3OS2/c1-11(2)9-14-16-15(20-17-14)18(3)10-12-5-7-13(8-6-12)21(4)19/h5-8,11H,9-10H2,1-4H3. The lowest BCUT2D eigenvalue weighted by Gasteiger charge is -2.15. The molecule has 1 heterocycles. The van der Waals surface area contributed by atoms with Gasteiger partial charge in [0.25, 0.3) is 0 Å². The molecule has 1 unspecified atom stereocenters. The van der Waals surface area contributed by atoms with Gasteiger partial charge < -0.3 is 4.90 Å². The van der Waals surface area contributed by atoms with Crippen LogP contribution < -0.4 is 4.90 Å². The molecule has 0 bridgehead atoms. The highest BCUT2D eigenvalue weighted by atomic mass is 32.2. The van der Waals surface area contributed by atoms with Gasteiger partial charge in [-0.3, -0.25) is 4.21 Å². The fourth-order valence-electron chi connectivity index (χ4n) is 1.98. The van der Waals surface area contributed by atoms with Gasteiger partial charge in [0.15, 0.2) is 0 Å². The lowest BCUT2D eigenvalue weighted by Crippen LogP contribution is -2.16. The first-order chi connectivity index (χ1) is 9.95. The van der Waals surface area contributed by atoms with E-state index in [1.807, 2.05) is 31.3 Å². The van der Waals surface area contributed by atoms with Gasteiger partial charge in [0.1, 0.15) is 5.82 Å². The molecule has 0 spiro atoms. The van der Waals surface area contributed by atoms with Crippen LogP contribution >= 0.6 is 11.5 Å². The highest BCUT2D eigenvalue weighted by molar-refractivity contribution is 7.84. The van der Waals surface area contributed by atoms with E-state index in [9.17, 15) is 4.21 Å². The molecule has 0 aliphatic rings. The van der Waals surface area contributed by atoms with Gasteiger partial charge in [-0.15, -0.1) is 0 Å². The predicted octanol–water partition coefficient (Wildman–Crippen LogP) is 3.11. The van der Waals surface area contributed by atoms with Crippen LogP contribution in [0.4, 0.5) is 5.13 Å². The first-order valence-corrected chi connectivity index (χ1v) is 9.25. The summed E-state index contributed by atoms with van der Waals surface area (Å²) in [6, 6.07) is 7.87. The van der Waals surface area contributed by atoms with Crippen molar-refractivity contribution in [3.05, 3.63) is 35.7 Å². The van der Waals surface area contributed by atoms with Gasteiger partial charge in [0.2, 0.25) is 5.13 Å². The molecule has 114 valence electrons. The van der Waals surface area contributed by atoms with Crippen molar-refractivity contribution in [1.29, 1.82) is 0 Å². The van der Waals surface area contributed by atoms with Crippen molar-refractivity contribution < 1.29 is 4.21 Å². The van der Waals surface area contributed by atoms with Gasteiger partial charge in [-0.2, -0.15) is 4.37 Å². The van der Waals surface area contributed by atoms with Gasteiger partial charge in [0, 0.05) is 53.5 Å². The Kier molecular flexibility index (Phi) is 5.47. The van der Waals surface area contributed by atoms with Gasteiger partial charge in [-0.25, -0.2) is 4.98 Å². The maximum Gasteiger partial charge on any atom is 0.205 e. The number of rotatable bonds is 6. The molecule has 21 heavy (non-hydrogen) atoms. The van der Waals surface area contributed by atoms with Crippen LogP contribution in [0.25, 0.3) is 0 Å². The summed E-state index contributed by atoms with van der Waals surface area (Å²) in [6.07, 6.45) is 2.61. The highest BCUT2D eigenvalue weighted by Gasteiger charge is 2.10. The topological polar surface area (TPSA) is 46.1 Å². The summed E-state index contributed by atoms with van der Waals surface area (Å²) >= 11 is 1.44. The summed E-state index contributed by atoms with van der Waals surface area (Å²) in [5.74, 6) is 1.49. The maximum absolute atomic E-state index is 11.4. The molecule has 1 aromatic heterocycles. The Morgan fingerprint density at radius 1 is 1.29 bits per heavy atom. The molecule has 1 atom stereocenters. The Labute approximate surface area is 132 Å². The molecular weight excluding hydrogens is 302 g/mol. The van der Waals surface area contributed by atoms with Gasteiger partial charge >= 0.3 is 0 Å². The van der Waals surface area contributed by atoms with Crippen LogP contribution in [-0.4, -0.2) is 26.9 Å². The maximum atomic E-state index is 11.4. The fourth-order valence-corrected chi connectivity index (χ4v) is 3.15. The van der Waals surface area contributed by atoms with Crippen molar-refractivity contribution >= 4 is 27.5 Å². The molecule has 6 heteroatoms. The average molecular weight is 323 g/mol. The van der Waals surface area contributed by atoms with Crippen LogP contribution in [0.3, 0.4) is 0 Å². The minimum Gasteiger partial charge on any atom is -0.346 e. The second-order valence-electron chi connectivity index (χ2n) is 5.55. The van der Waals surface area contributed by atoms with Crippen LogP contribution in [-0.2, 0) is 23.8 Å². The molecular formula is C15H21N3OS2. The van der Waals surface area contributed by atoms with E-state index in [4.69, 9.17) is 0 Å². The zero-order valence-corrected chi connectivity index (χ0v) is 14.5. The number of hydrogen-bond donors (Lipinski definition) is 0. The number of benzene rings is 1. The Hall–Kier alpha value is -1.27. The second kappa shape index (κ2) is 7.13. The minimum atomic E-state index is -0.922. The molecule has 0 fully saturated rings. The number of nitrogens with zero attached hydrogens (tertiary/aromatic N) is 3. The quantitative estimate of drug-likeness (QED) is 0.819. The molecule has 0 aliphatic carbocycles. The first kappa shape index (κ1) is 16.1. The lowest BCUT2D eigenvalue weighted by atomic mass is 10.1. The summed E-state index contributed by atoms with van der Waals surface area (Å²) in [6.45, 7) is 5.11. The molecule has 0 radical (unpaired) electrons. The van der Waals surface area contributed by atoms with Crippen molar-refractivity contribution in [2.45, 2.75) is 31.7 Å². The normalized spacial score (nSPS) is 12.6. The van der Waals surface area contributed by atoms with Crippen LogP contribution in [0.1, 0.15) is 25.2 Å². The van der Waals surface area contributed by atoms with Crippen molar-refractivity contribution in [2.75, 3.05) is 18.2 Å². The van der Waals surface area contributed by atoms with Crippen LogP contribution in [0.5, 0.6) is 0 Å². The predicted molar refractivity (Wildman–Crippen MR) is 89.3 cm³/mol. The number of hydrogen-bond acceptors (Lipinski definition) is 5. The SMILES string of the molecule is CC(C)Cc1nsc(N(C)Cc2ccc(S(C)=O)cc2)n1. The highest BCUT2D eigenvalue weighted by Crippen LogP contribution is 2.20. The van der Waals surface area contributed by atoms with Crippen molar-refractivity contribution in [3.8, 4) is 0 Å². The number of anilines is 1. The third-order valence-electron chi connectivity index (χ3n) is 3.05. The molecule has 2 rings (SSSR count). The van der Waals surface area contributed by atoms with E-state index in [2.05, 4.69) is 28.1 Å². The van der Waals surface area contributed by atoms with Crippen LogP contribution in [0, 0.1) is 5.92 Å². The monoisotopic (exact) mass is 323 g/mol. The summed E-state index contributed by atoms with van der Waals surface area (Å²) in [4.78, 5) is 7.53. The lowest BCUT2D eigenvalue weighted by molar-refractivity contribution is 0.627. The summed E-state index contributed by atoms with van der Waals surface area (Å²) in [5.41, 5.74) is 1.17. The van der Waals surface area contributed by atoms with E-state index < -0.39 is 10.8 Å². The van der Waals surface area contributed by atoms with Gasteiger partial charge in [0.05, 0.1) is 0 Å².